The van der Waals surface area contributed by atoms with Gasteiger partial charge in [0.15, 0.2) is 0 Å². The van der Waals surface area contributed by atoms with Gasteiger partial charge in [-0.15, -0.1) is 0 Å². The molecular weight excluding hydrogens is 302 g/mol. The van der Waals surface area contributed by atoms with Crippen molar-refractivity contribution >= 4 is 28.5 Å². The topological polar surface area (TPSA) is 67.3 Å². The van der Waals surface area contributed by atoms with Crippen LogP contribution >= 0.6 is 0 Å². The number of urea groups is 1. The number of nitrogens with one attached hydrogen (secondary N) is 1. The molecule has 0 saturated carbocycles. The second kappa shape index (κ2) is 5.23. The summed E-state index contributed by atoms with van der Waals surface area (Å²) >= 11 is 0. The lowest BCUT2D eigenvalue weighted by Crippen LogP contribution is -2.45. The first-order chi connectivity index (χ1) is 11.6. The molecule has 0 fully saturated rings. The number of carbonyl (C=O) groups is 2. The van der Waals surface area contributed by atoms with Crippen molar-refractivity contribution in [2.75, 3.05) is 4.90 Å². The molecule has 0 saturated heterocycles. The summed E-state index contributed by atoms with van der Waals surface area (Å²) in [6, 6.07) is 12.4. The summed E-state index contributed by atoms with van der Waals surface area (Å²) in [5.41, 5.74) is 4.25. The number of benzene rings is 2. The van der Waals surface area contributed by atoms with Crippen LogP contribution in [-0.4, -0.2) is 16.9 Å². The Kier molecular flexibility index (Phi) is 3.16. The molecule has 1 atom stereocenters. The summed E-state index contributed by atoms with van der Waals surface area (Å²) in [5, 5.41) is 4.78. The van der Waals surface area contributed by atoms with Gasteiger partial charge in [0.05, 0.1) is 17.3 Å². The van der Waals surface area contributed by atoms with Crippen LogP contribution in [-0.2, 0) is 0 Å². The van der Waals surface area contributed by atoms with E-state index in [-0.39, 0.29) is 6.04 Å². The molecule has 1 radical (unpaired) electrons. The fourth-order valence-electron chi connectivity index (χ4n) is 3.41. The molecule has 24 heavy (non-hydrogen) atoms. The molecule has 2 heterocycles. The molecule has 5 nitrogen and oxygen atoms in total. The zero-order valence-electron chi connectivity index (χ0n) is 13.4. The lowest BCUT2D eigenvalue weighted by molar-refractivity contribution is 0.0956. The van der Waals surface area contributed by atoms with E-state index in [1.165, 1.54) is 0 Å². The van der Waals surface area contributed by atoms with Crippen LogP contribution in [0.15, 0.2) is 48.7 Å². The predicted molar refractivity (Wildman–Crippen MR) is 92.2 cm³/mol. The molecule has 1 aliphatic rings. The Morgan fingerprint density at radius 2 is 1.88 bits per heavy atom. The first-order valence-corrected chi connectivity index (χ1v) is 7.83. The van der Waals surface area contributed by atoms with Crippen molar-refractivity contribution in [3.8, 4) is 0 Å². The van der Waals surface area contributed by atoms with Crippen LogP contribution in [0.25, 0.3) is 10.9 Å². The van der Waals surface area contributed by atoms with Crippen LogP contribution in [0.2, 0.25) is 0 Å². The molecule has 1 N–H and O–H groups in total. The largest absolute Gasteiger partial charge is 0.361 e. The molecule has 4 rings (SSSR count). The van der Waals surface area contributed by atoms with Crippen molar-refractivity contribution in [1.82, 2.24) is 10.3 Å². The summed E-state index contributed by atoms with van der Waals surface area (Å²) < 4.78 is 0. The highest BCUT2D eigenvalue weighted by molar-refractivity contribution is 6.17. The maximum absolute atomic E-state index is 12.5. The number of aromatic amines is 1. The van der Waals surface area contributed by atoms with Crippen LogP contribution in [0.5, 0.6) is 0 Å². The Labute approximate surface area is 139 Å². The number of hydrogen-bond donors (Lipinski definition) is 1. The number of carbonyl (C=O) groups excluding carboxylic acids is 2. The summed E-state index contributed by atoms with van der Waals surface area (Å²) in [7, 11) is 0. The van der Waals surface area contributed by atoms with Crippen molar-refractivity contribution in [3.63, 3.8) is 0 Å². The molecular formula is C19H16N3O2. The van der Waals surface area contributed by atoms with E-state index in [0.29, 0.717) is 11.3 Å². The zero-order valence-corrected chi connectivity index (χ0v) is 13.4. The lowest BCUT2D eigenvalue weighted by Gasteiger charge is -2.32. The van der Waals surface area contributed by atoms with Gasteiger partial charge in [-0.1, -0.05) is 24.3 Å². The molecule has 0 bridgehead atoms. The van der Waals surface area contributed by atoms with E-state index < -0.39 is 11.9 Å². The third-order valence-electron chi connectivity index (χ3n) is 4.58. The van der Waals surface area contributed by atoms with Crippen molar-refractivity contribution in [2.45, 2.75) is 19.9 Å². The van der Waals surface area contributed by atoms with E-state index >= 15 is 0 Å². The number of imide groups is 1. The number of aromatic nitrogens is 1. The number of H-pyrrole nitrogens is 1. The Bertz CT molecular complexity index is 974. The van der Waals surface area contributed by atoms with Gasteiger partial charge in [0.25, 0.3) is 5.91 Å². The number of anilines is 1. The fraction of sp³-hybridized carbons (Fsp3) is 0.158. The van der Waals surface area contributed by atoms with Crippen LogP contribution in [0.1, 0.15) is 34.5 Å². The Morgan fingerprint density at radius 1 is 1.08 bits per heavy atom. The predicted octanol–water partition coefficient (Wildman–Crippen LogP) is 3.92. The summed E-state index contributed by atoms with van der Waals surface area (Å²) in [5.74, 6) is -0.478. The van der Waals surface area contributed by atoms with Crippen molar-refractivity contribution in [3.05, 3.63) is 65.4 Å². The lowest BCUT2D eigenvalue weighted by atomic mass is 10.00. The fourth-order valence-corrected chi connectivity index (χ4v) is 3.41. The molecule has 5 heteroatoms. The minimum absolute atomic E-state index is 0.245. The van der Waals surface area contributed by atoms with Crippen molar-refractivity contribution < 1.29 is 9.59 Å². The number of aryl methyl sites for hydroxylation is 1. The highest BCUT2D eigenvalue weighted by Gasteiger charge is 2.35. The second-order valence-corrected chi connectivity index (χ2v) is 6.00. The van der Waals surface area contributed by atoms with Gasteiger partial charge in [0, 0.05) is 22.7 Å². The van der Waals surface area contributed by atoms with Crippen LogP contribution in [0, 0.1) is 6.92 Å². The molecule has 1 aromatic heterocycles. The highest BCUT2D eigenvalue weighted by atomic mass is 16.2. The average Bonchev–Trinajstić information content (AvgIpc) is 3.00. The van der Waals surface area contributed by atoms with E-state index in [1.807, 2.05) is 44.3 Å². The number of rotatable bonds is 2. The third-order valence-corrected chi connectivity index (χ3v) is 4.58. The van der Waals surface area contributed by atoms with E-state index in [9.17, 15) is 9.59 Å². The van der Waals surface area contributed by atoms with Gasteiger partial charge >= 0.3 is 6.03 Å². The molecule has 3 amide bonds. The molecule has 0 aliphatic carbocycles. The molecule has 1 aliphatic heterocycles. The van der Waals surface area contributed by atoms with Crippen LogP contribution < -0.4 is 10.2 Å². The molecule has 3 aromatic rings. The summed E-state index contributed by atoms with van der Waals surface area (Å²) in [6.07, 6.45) is 1.93. The smallest absolute Gasteiger partial charge is 0.352 e. The zero-order chi connectivity index (χ0) is 16.8. The number of nitrogens with zero attached hydrogens (tertiary/aromatic N) is 2. The standard InChI is InChI=1S/C19H16N3O2/c1-11-6-5-8-15-17(11)14(10-20-15)12(2)22-16-9-4-3-7-13(16)18(23)21-19(22)24/h3-10,12,20H,1-2H3/t12-/m0/s1. The number of fused-ring (bicyclic) bond motifs is 2. The van der Waals surface area contributed by atoms with Gasteiger partial charge < -0.3 is 4.98 Å². The first kappa shape index (κ1) is 14.5. The normalized spacial score (nSPS) is 15.3. The number of hydrogen-bond acceptors (Lipinski definition) is 2. The quantitative estimate of drug-likeness (QED) is 0.778. The minimum Gasteiger partial charge on any atom is -0.361 e. The Morgan fingerprint density at radius 3 is 2.71 bits per heavy atom. The maximum Gasteiger partial charge on any atom is 0.352 e. The van der Waals surface area contributed by atoms with Crippen LogP contribution in [0.4, 0.5) is 10.5 Å². The van der Waals surface area contributed by atoms with Gasteiger partial charge in [-0.05, 0) is 37.6 Å². The molecule has 0 spiro atoms. The molecule has 2 aromatic carbocycles. The maximum atomic E-state index is 12.5. The van der Waals surface area contributed by atoms with E-state index in [0.717, 1.165) is 22.0 Å². The monoisotopic (exact) mass is 318 g/mol. The third kappa shape index (κ3) is 2.01. The Balaban J connectivity index is 1.87. The van der Waals surface area contributed by atoms with E-state index in [4.69, 9.17) is 0 Å². The average molecular weight is 318 g/mol. The number of para-hydroxylation sites is 1. The summed E-state index contributed by atoms with van der Waals surface area (Å²) in [4.78, 5) is 29.3. The van der Waals surface area contributed by atoms with Gasteiger partial charge in [-0.25, -0.2) is 4.79 Å². The SMILES string of the molecule is Cc1cccc2[nH]cc([C@H](C)N3C(=O)[N]C(=O)c4ccccc43)c12. The molecule has 0 unspecified atom stereocenters. The first-order valence-electron chi connectivity index (χ1n) is 7.83. The van der Waals surface area contributed by atoms with E-state index in [2.05, 4.69) is 10.3 Å². The second-order valence-electron chi connectivity index (χ2n) is 6.00. The minimum atomic E-state index is -0.519. The number of amides is 3. The highest BCUT2D eigenvalue weighted by Crippen LogP contribution is 2.36. The van der Waals surface area contributed by atoms with E-state index in [1.54, 1.807) is 23.1 Å². The Hall–Kier alpha value is -3.08. The molecule has 119 valence electrons. The van der Waals surface area contributed by atoms with Crippen LogP contribution in [0.3, 0.4) is 0 Å². The van der Waals surface area contributed by atoms with Gasteiger partial charge in [0.2, 0.25) is 0 Å². The summed E-state index contributed by atoms with van der Waals surface area (Å²) in [6.45, 7) is 4.00. The van der Waals surface area contributed by atoms with Gasteiger partial charge in [0.1, 0.15) is 0 Å². The van der Waals surface area contributed by atoms with Crippen molar-refractivity contribution in [2.24, 2.45) is 0 Å². The van der Waals surface area contributed by atoms with Gasteiger partial charge in [-0.3, -0.25) is 9.69 Å². The van der Waals surface area contributed by atoms with Gasteiger partial charge in [-0.2, -0.15) is 5.32 Å². The van der Waals surface area contributed by atoms with Crippen molar-refractivity contribution in [1.29, 1.82) is 0 Å².